The Balaban J connectivity index is 2.91. The lowest BCUT2D eigenvalue weighted by molar-refractivity contribution is -0.107. The van der Waals surface area contributed by atoms with Crippen LogP contribution in [0.5, 0.6) is 0 Å². The van der Waals surface area contributed by atoms with Crippen LogP contribution in [0.15, 0.2) is 11.4 Å². The van der Waals surface area contributed by atoms with Crippen molar-refractivity contribution in [1.29, 1.82) is 0 Å². The predicted molar refractivity (Wildman–Crippen MR) is 49.0 cm³/mol. The second-order valence-corrected chi connectivity index (χ2v) is 3.74. The largest absolute Gasteiger partial charge is 0.301 e. The Morgan fingerprint density at radius 1 is 1.75 bits per heavy atom. The Hall–Kier alpha value is -0.670. The number of ketones is 1. The highest BCUT2D eigenvalue weighted by Gasteiger charge is 2.10. The highest BCUT2D eigenvalue weighted by molar-refractivity contribution is 7.10. The third-order valence-electron chi connectivity index (χ3n) is 1.42. The van der Waals surface area contributed by atoms with Gasteiger partial charge in [-0.25, -0.2) is 0 Å². The summed E-state index contributed by atoms with van der Waals surface area (Å²) in [6.45, 7) is 1.48. The molecule has 0 saturated carbocycles. The number of alkyl halides is 1. The highest BCUT2D eigenvalue weighted by atomic mass is 35.5. The molecular formula is C8H7ClO2S. The van der Waals surface area contributed by atoms with Gasteiger partial charge in [-0.15, -0.1) is 22.9 Å². The van der Waals surface area contributed by atoms with Gasteiger partial charge in [-0.2, -0.15) is 0 Å². The Labute approximate surface area is 79.2 Å². The molecule has 2 nitrogen and oxygen atoms in total. The Morgan fingerprint density at radius 2 is 2.42 bits per heavy atom. The molecule has 1 aromatic rings. The lowest BCUT2D eigenvalue weighted by Crippen LogP contribution is -1.89. The van der Waals surface area contributed by atoms with E-state index in [0.29, 0.717) is 11.8 Å². The Bertz CT molecular complexity index is 306. The summed E-state index contributed by atoms with van der Waals surface area (Å²) in [5.74, 6) is -0.00716. The summed E-state index contributed by atoms with van der Waals surface area (Å²) in [5.41, 5.74) is 0.613. The number of carbonyl (C=O) groups excluding carboxylic acids is 2. The van der Waals surface area contributed by atoms with Gasteiger partial charge in [-0.1, -0.05) is 0 Å². The van der Waals surface area contributed by atoms with E-state index < -0.39 is 5.38 Å². The Morgan fingerprint density at radius 3 is 2.83 bits per heavy atom. The fraction of sp³-hybridized carbons (Fsp3) is 0.250. The predicted octanol–water partition coefficient (Wildman–Crippen LogP) is 2.43. The number of hydrogen-bond donors (Lipinski definition) is 0. The number of rotatable bonds is 3. The SMILES string of the molecule is CC(=O)c1csc(C(Cl)C=O)c1. The molecule has 0 aliphatic heterocycles. The van der Waals surface area contributed by atoms with Crippen LogP contribution in [-0.2, 0) is 4.79 Å². The fourth-order valence-electron chi connectivity index (χ4n) is 0.749. The molecule has 12 heavy (non-hydrogen) atoms. The first-order valence-corrected chi connectivity index (χ1v) is 4.65. The lowest BCUT2D eigenvalue weighted by atomic mass is 10.2. The van der Waals surface area contributed by atoms with E-state index in [1.807, 2.05) is 0 Å². The van der Waals surface area contributed by atoms with Gasteiger partial charge in [0.25, 0.3) is 0 Å². The molecule has 0 saturated heterocycles. The summed E-state index contributed by atoms with van der Waals surface area (Å²) in [6.07, 6.45) is 0.650. The number of halogens is 1. The molecule has 4 heteroatoms. The van der Waals surface area contributed by atoms with Crippen LogP contribution >= 0.6 is 22.9 Å². The van der Waals surface area contributed by atoms with Crippen LogP contribution in [0.25, 0.3) is 0 Å². The van der Waals surface area contributed by atoms with Crippen molar-refractivity contribution >= 4 is 35.0 Å². The third kappa shape index (κ3) is 1.93. The van der Waals surface area contributed by atoms with Gasteiger partial charge in [0.2, 0.25) is 0 Å². The van der Waals surface area contributed by atoms with Crippen molar-refractivity contribution in [2.45, 2.75) is 12.3 Å². The standard InChI is InChI=1S/C8H7ClO2S/c1-5(11)6-2-8(12-4-6)7(9)3-10/h2-4,7H,1H3. The number of hydrogen-bond acceptors (Lipinski definition) is 3. The zero-order chi connectivity index (χ0) is 9.14. The van der Waals surface area contributed by atoms with Gasteiger partial charge in [0.1, 0.15) is 11.7 Å². The van der Waals surface area contributed by atoms with Crippen molar-refractivity contribution in [3.63, 3.8) is 0 Å². The molecule has 0 aliphatic carbocycles. The maximum Gasteiger partial charge on any atom is 0.160 e. The molecule has 0 radical (unpaired) electrons. The Kier molecular flexibility index (Phi) is 3.00. The second kappa shape index (κ2) is 3.83. The number of aldehydes is 1. The third-order valence-corrected chi connectivity index (χ3v) is 2.90. The molecule has 1 rings (SSSR count). The van der Waals surface area contributed by atoms with Crippen molar-refractivity contribution in [1.82, 2.24) is 0 Å². The smallest absolute Gasteiger partial charge is 0.160 e. The average molecular weight is 203 g/mol. The summed E-state index contributed by atoms with van der Waals surface area (Å²) in [4.78, 5) is 21.8. The van der Waals surface area contributed by atoms with Gasteiger partial charge in [0, 0.05) is 15.8 Å². The van der Waals surface area contributed by atoms with E-state index in [4.69, 9.17) is 11.6 Å². The van der Waals surface area contributed by atoms with Gasteiger partial charge in [-0.3, -0.25) is 4.79 Å². The van der Waals surface area contributed by atoms with Gasteiger partial charge in [0.15, 0.2) is 5.78 Å². The van der Waals surface area contributed by atoms with E-state index in [1.54, 1.807) is 11.4 Å². The molecule has 1 heterocycles. The van der Waals surface area contributed by atoms with Gasteiger partial charge in [-0.05, 0) is 13.0 Å². The molecule has 0 aromatic carbocycles. The van der Waals surface area contributed by atoms with Crippen LogP contribution in [0.2, 0.25) is 0 Å². The van der Waals surface area contributed by atoms with Crippen LogP contribution in [0, 0.1) is 0 Å². The molecule has 1 unspecified atom stereocenters. The molecule has 0 amide bonds. The summed E-state index contributed by atoms with van der Waals surface area (Å²) in [5, 5.41) is 1.08. The number of carbonyl (C=O) groups is 2. The second-order valence-electron chi connectivity index (χ2n) is 2.33. The molecular weight excluding hydrogens is 196 g/mol. The molecule has 0 spiro atoms. The summed E-state index contributed by atoms with van der Waals surface area (Å²) >= 11 is 6.97. The van der Waals surface area contributed by atoms with E-state index in [2.05, 4.69) is 0 Å². The van der Waals surface area contributed by atoms with Crippen molar-refractivity contribution < 1.29 is 9.59 Å². The first-order valence-electron chi connectivity index (χ1n) is 3.34. The highest BCUT2D eigenvalue weighted by Crippen LogP contribution is 2.25. The van der Waals surface area contributed by atoms with E-state index in [1.165, 1.54) is 18.3 Å². The molecule has 0 fully saturated rings. The van der Waals surface area contributed by atoms with Gasteiger partial charge < -0.3 is 4.79 Å². The zero-order valence-corrected chi connectivity index (χ0v) is 7.98. The van der Waals surface area contributed by atoms with Crippen molar-refractivity contribution in [3.8, 4) is 0 Å². The fourth-order valence-corrected chi connectivity index (χ4v) is 1.84. The minimum atomic E-state index is -0.622. The molecule has 0 aliphatic rings. The molecule has 0 bridgehead atoms. The van der Waals surface area contributed by atoms with E-state index >= 15 is 0 Å². The van der Waals surface area contributed by atoms with E-state index in [0.717, 1.165) is 4.88 Å². The normalized spacial score (nSPS) is 12.5. The first kappa shape index (κ1) is 9.42. The van der Waals surface area contributed by atoms with Crippen LogP contribution in [-0.4, -0.2) is 12.1 Å². The van der Waals surface area contributed by atoms with Crippen LogP contribution in [0.3, 0.4) is 0 Å². The molecule has 1 aromatic heterocycles. The zero-order valence-electron chi connectivity index (χ0n) is 6.41. The number of Topliss-reactive ketones (excluding diaryl/α,β-unsaturated/α-hetero) is 1. The van der Waals surface area contributed by atoms with E-state index in [-0.39, 0.29) is 5.78 Å². The monoisotopic (exact) mass is 202 g/mol. The van der Waals surface area contributed by atoms with E-state index in [9.17, 15) is 9.59 Å². The first-order chi connectivity index (χ1) is 5.65. The summed E-state index contributed by atoms with van der Waals surface area (Å²) in [7, 11) is 0. The van der Waals surface area contributed by atoms with Crippen molar-refractivity contribution in [2.24, 2.45) is 0 Å². The molecule has 1 atom stereocenters. The van der Waals surface area contributed by atoms with Gasteiger partial charge in [0.05, 0.1) is 0 Å². The molecule has 64 valence electrons. The van der Waals surface area contributed by atoms with Crippen molar-refractivity contribution in [2.75, 3.05) is 0 Å². The minimum absolute atomic E-state index is 0.00716. The summed E-state index contributed by atoms with van der Waals surface area (Å²) < 4.78 is 0. The minimum Gasteiger partial charge on any atom is -0.301 e. The lowest BCUT2D eigenvalue weighted by Gasteiger charge is -1.92. The van der Waals surface area contributed by atoms with Gasteiger partial charge >= 0.3 is 0 Å². The van der Waals surface area contributed by atoms with Crippen LogP contribution < -0.4 is 0 Å². The van der Waals surface area contributed by atoms with Crippen LogP contribution in [0.1, 0.15) is 27.5 Å². The maximum absolute atomic E-state index is 10.8. The average Bonchev–Trinajstić information content (AvgIpc) is 2.51. The molecule has 0 N–H and O–H groups in total. The topological polar surface area (TPSA) is 34.1 Å². The summed E-state index contributed by atoms with van der Waals surface area (Å²) in [6, 6.07) is 1.65. The quantitative estimate of drug-likeness (QED) is 0.429. The van der Waals surface area contributed by atoms with Crippen LogP contribution in [0.4, 0.5) is 0 Å². The maximum atomic E-state index is 10.8. The number of thiophene rings is 1. The van der Waals surface area contributed by atoms with Crippen molar-refractivity contribution in [3.05, 3.63) is 21.9 Å².